The SMILES string of the molecule is CCCCCCCS(C)(CCC)C(C)CCCCN. The third kappa shape index (κ3) is 8.96. The number of nitrogens with two attached hydrogens (primary N) is 1. The Bertz CT molecular complexity index is 196. The van der Waals surface area contributed by atoms with Crippen molar-refractivity contribution < 1.29 is 0 Å². The van der Waals surface area contributed by atoms with Crippen LogP contribution in [0.3, 0.4) is 0 Å². The lowest BCUT2D eigenvalue weighted by atomic mass is 10.2. The third-order valence-electron chi connectivity index (χ3n) is 4.42. The molecule has 1 nitrogen and oxygen atoms in total. The highest BCUT2D eigenvalue weighted by molar-refractivity contribution is 8.33. The molecule has 0 aliphatic heterocycles. The number of unbranched alkanes of at least 4 members (excludes halogenated alkanes) is 5. The first kappa shape index (κ1) is 19.3. The lowest BCUT2D eigenvalue weighted by Gasteiger charge is -2.42. The van der Waals surface area contributed by atoms with Crippen LogP contribution in [-0.4, -0.2) is 29.6 Å². The van der Waals surface area contributed by atoms with Gasteiger partial charge >= 0.3 is 0 Å². The van der Waals surface area contributed by atoms with E-state index >= 15 is 0 Å². The van der Waals surface area contributed by atoms with E-state index in [-0.39, 0.29) is 10.0 Å². The highest BCUT2D eigenvalue weighted by atomic mass is 32.3. The van der Waals surface area contributed by atoms with Crippen LogP contribution in [0, 0.1) is 0 Å². The maximum absolute atomic E-state index is 5.62. The van der Waals surface area contributed by atoms with Crippen molar-refractivity contribution in [3.05, 3.63) is 0 Å². The molecular formula is C17H39NS. The molecule has 0 aromatic carbocycles. The van der Waals surface area contributed by atoms with E-state index in [0.717, 1.165) is 11.8 Å². The molecule has 0 aromatic heterocycles. The highest BCUT2D eigenvalue weighted by Gasteiger charge is 2.23. The Kier molecular flexibility index (Phi) is 12.3. The quantitative estimate of drug-likeness (QED) is 0.456. The van der Waals surface area contributed by atoms with Gasteiger partial charge in [0.25, 0.3) is 0 Å². The second-order valence-corrected chi connectivity index (χ2v) is 10.6. The van der Waals surface area contributed by atoms with Crippen molar-refractivity contribution in [2.75, 3.05) is 24.3 Å². The Balaban J connectivity index is 4.07. The Hall–Kier alpha value is 0.310. The van der Waals surface area contributed by atoms with Gasteiger partial charge in [0.1, 0.15) is 0 Å². The summed E-state index contributed by atoms with van der Waals surface area (Å²) in [6, 6.07) is 0. The highest BCUT2D eigenvalue weighted by Crippen LogP contribution is 2.51. The molecule has 2 heteroatoms. The molecule has 0 saturated heterocycles. The maximum Gasteiger partial charge on any atom is -0.00773 e. The van der Waals surface area contributed by atoms with Crippen molar-refractivity contribution in [1.82, 2.24) is 0 Å². The normalized spacial score (nSPS) is 17.9. The molecule has 0 rings (SSSR count). The van der Waals surface area contributed by atoms with Crippen LogP contribution in [-0.2, 0) is 0 Å². The number of rotatable bonds is 13. The van der Waals surface area contributed by atoms with E-state index in [1.807, 2.05) is 0 Å². The molecule has 2 unspecified atom stereocenters. The summed E-state index contributed by atoms with van der Waals surface area (Å²) in [6.07, 6.45) is 15.1. The standard InChI is InChI=1S/C17H39NS/c1-5-7-8-9-12-16-19(4,15-6-2)17(3)13-10-11-14-18/h17H,5-16,18H2,1-4H3. The van der Waals surface area contributed by atoms with Crippen LogP contribution in [0.15, 0.2) is 0 Å². The molecule has 118 valence electrons. The molecule has 2 N–H and O–H groups in total. The Morgan fingerprint density at radius 3 is 2.11 bits per heavy atom. The maximum atomic E-state index is 5.62. The van der Waals surface area contributed by atoms with Crippen molar-refractivity contribution >= 4 is 10.0 Å². The van der Waals surface area contributed by atoms with Crippen molar-refractivity contribution in [3.63, 3.8) is 0 Å². The minimum Gasteiger partial charge on any atom is -0.330 e. The first-order valence-electron chi connectivity index (χ1n) is 8.53. The summed E-state index contributed by atoms with van der Waals surface area (Å²) in [5.74, 6) is 2.99. The predicted molar refractivity (Wildman–Crippen MR) is 94.7 cm³/mol. The van der Waals surface area contributed by atoms with E-state index in [2.05, 4.69) is 27.0 Å². The fraction of sp³-hybridized carbons (Fsp3) is 1.00. The van der Waals surface area contributed by atoms with Crippen LogP contribution in [0.25, 0.3) is 0 Å². The summed E-state index contributed by atoms with van der Waals surface area (Å²) < 4.78 is 0. The van der Waals surface area contributed by atoms with E-state index in [1.165, 1.54) is 69.3 Å². The van der Waals surface area contributed by atoms with Crippen molar-refractivity contribution in [2.24, 2.45) is 5.73 Å². The van der Waals surface area contributed by atoms with Crippen LogP contribution < -0.4 is 5.73 Å². The molecule has 0 amide bonds. The summed E-state index contributed by atoms with van der Waals surface area (Å²) in [6.45, 7) is 8.03. The lowest BCUT2D eigenvalue weighted by Crippen LogP contribution is -2.21. The molecule has 0 aliphatic carbocycles. The van der Waals surface area contributed by atoms with Crippen molar-refractivity contribution in [3.8, 4) is 0 Å². The Morgan fingerprint density at radius 1 is 0.842 bits per heavy atom. The van der Waals surface area contributed by atoms with Crippen LogP contribution in [0.2, 0.25) is 0 Å². The largest absolute Gasteiger partial charge is 0.330 e. The zero-order valence-electron chi connectivity index (χ0n) is 14.0. The minimum atomic E-state index is -0.376. The summed E-state index contributed by atoms with van der Waals surface area (Å²) in [5, 5.41) is 0.935. The van der Waals surface area contributed by atoms with Gasteiger partial charge in [0, 0.05) is 0 Å². The summed E-state index contributed by atoms with van der Waals surface area (Å²) in [4.78, 5) is 0. The molecule has 19 heavy (non-hydrogen) atoms. The molecule has 0 bridgehead atoms. The van der Waals surface area contributed by atoms with Gasteiger partial charge in [-0.1, -0.05) is 52.9 Å². The molecular weight excluding hydrogens is 250 g/mol. The van der Waals surface area contributed by atoms with Crippen molar-refractivity contribution in [1.29, 1.82) is 0 Å². The topological polar surface area (TPSA) is 26.0 Å². The summed E-state index contributed by atoms with van der Waals surface area (Å²) >= 11 is 0. The van der Waals surface area contributed by atoms with Gasteiger partial charge in [-0.3, -0.25) is 0 Å². The third-order valence-corrected chi connectivity index (χ3v) is 9.16. The Morgan fingerprint density at radius 2 is 1.53 bits per heavy atom. The van der Waals surface area contributed by atoms with Crippen LogP contribution in [0.5, 0.6) is 0 Å². The van der Waals surface area contributed by atoms with Gasteiger partial charge in [-0.05, 0) is 55.2 Å². The second-order valence-electron chi connectivity index (χ2n) is 6.27. The van der Waals surface area contributed by atoms with Gasteiger partial charge in [0.2, 0.25) is 0 Å². The average Bonchev–Trinajstić information content (AvgIpc) is 2.39. The monoisotopic (exact) mass is 289 g/mol. The lowest BCUT2D eigenvalue weighted by molar-refractivity contribution is 0.653. The summed E-state index contributed by atoms with van der Waals surface area (Å²) in [7, 11) is -0.376. The first-order valence-corrected chi connectivity index (χ1v) is 11.0. The first-order chi connectivity index (χ1) is 9.10. The van der Waals surface area contributed by atoms with E-state index in [9.17, 15) is 0 Å². The van der Waals surface area contributed by atoms with Crippen LogP contribution in [0.1, 0.15) is 78.6 Å². The molecule has 0 aromatic rings. The van der Waals surface area contributed by atoms with E-state index in [0.29, 0.717) is 0 Å². The minimum absolute atomic E-state index is 0.376. The number of hydrogen-bond acceptors (Lipinski definition) is 1. The molecule has 0 heterocycles. The van der Waals surface area contributed by atoms with Crippen LogP contribution >= 0.6 is 10.0 Å². The van der Waals surface area contributed by atoms with Gasteiger partial charge in [-0.2, -0.15) is 0 Å². The average molecular weight is 290 g/mol. The molecule has 2 atom stereocenters. The van der Waals surface area contributed by atoms with Gasteiger partial charge < -0.3 is 5.73 Å². The molecule has 0 saturated carbocycles. The van der Waals surface area contributed by atoms with Gasteiger partial charge in [-0.15, -0.1) is 0 Å². The molecule has 0 aliphatic rings. The van der Waals surface area contributed by atoms with Gasteiger partial charge in [-0.25, -0.2) is 10.0 Å². The van der Waals surface area contributed by atoms with Crippen LogP contribution in [0.4, 0.5) is 0 Å². The predicted octanol–water partition coefficient (Wildman–Crippen LogP) is 5.32. The zero-order valence-corrected chi connectivity index (χ0v) is 14.9. The van der Waals surface area contributed by atoms with Gasteiger partial charge in [0.05, 0.1) is 0 Å². The Labute approximate surface area is 124 Å². The van der Waals surface area contributed by atoms with E-state index in [4.69, 9.17) is 5.73 Å². The van der Waals surface area contributed by atoms with E-state index < -0.39 is 0 Å². The number of hydrogen-bond donors (Lipinski definition) is 1. The van der Waals surface area contributed by atoms with Crippen molar-refractivity contribution in [2.45, 2.75) is 83.8 Å². The van der Waals surface area contributed by atoms with E-state index in [1.54, 1.807) is 0 Å². The summed E-state index contributed by atoms with van der Waals surface area (Å²) in [5.41, 5.74) is 5.62. The second kappa shape index (κ2) is 12.1. The fourth-order valence-electron chi connectivity index (χ4n) is 2.87. The fourth-order valence-corrected chi connectivity index (χ4v) is 6.41. The zero-order chi connectivity index (χ0) is 14.6. The smallest absolute Gasteiger partial charge is 0.00773 e. The van der Waals surface area contributed by atoms with Gasteiger partial charge in [0.15, 0.2) is 0 Å². The molecule has 0 radical (unpaired) electrons. The molecule has 0 fully saturated rings. The molecule has 0 spiro atoms.